The molecule has 1 amide bonds. The number of benzene rings is 2. The Morgan fingerprint density at radius 2 is 1.91 bits per heavy atom. The van der Waals surface area contributed by atoms with E-state index in [2.05, 4.69) is 0 Å². The van der Waals surface area contributed by atoms with Gasteiger partial charge < -0.3 is 10.0 Å². The van der Waals surface area contributed by atoms with Crippen molar-refractivity contribution in [1.29, 1.82) is 0 Å². The predicted octanol–water partition coefficient (Wildman–Crippen LogP) is 3.75. The van der Waals surface area contributed by atoms with E-state index < -0.39 is 11.9 Å². The molecule has 1 aliphatic heterocycles. The van der Waals surface area contributed by atoms with Crippen LogP contribution in [0.15, 0.2) is 42.5 Å². The Kier molecular flexibility index (Phi) is 4.09. The monoisotopic (exact) mass is 329 g/mol. The molecule has 5 heteroatoms. The maximum Gasteiger partial charge on any atom is 0.308 e. The van der Waals surface area contributed by atoms with Crippen LogP contribution in [0, 0.1) is 12.8 Å². The van der Waals surface area contributed by atoms with Crippen molar-refractivity contribution in [3.63, 3.8) is 0 Å². The van der Waals surface area contributed by atoms with Crippen LogP contribution in [0.5, 0.6) is 0 Å². The van der Waals surface area contributed by atoms with Crippen LogP contribution in [0.1, 0.15) is 12.0 Å². The number of rotatable bonds is 3. The maximum atomic E-state index is 12.0. The molecular weight excluding hydrogens is 314 g/mol. The molecule has 1 heterocycles. The standard InChI is InChI=1S/C18H16ClNO3/c1-11-2-5-14(19)9-16(11)12-3-6-15(7-4-12)20-10-13(18(22)23)8-17(20)21/h2-7,9,13H,8,10H2,1H3,(H,22,23). The fourth-order valence-electron chi connectivity index (χ4n) is 2.85. The minimum absolute atomic E-state index is 0.0600. The summed E-state index contributed by atoms with van der Waals surface area (Å²) in [4.78, 5) is 24.6. The average Bonchev–Trinajstić information content (AvgIpc) is 2.92. The summed E-state index contributed by atoms with van der Waals surface area (Å²) >= 11 is 6.06. The molecule has 2 aromatic carbocycles. The first-order valence-electron chi connectivity index (χ1n) is 7.35. The summed E-state index contributed by atoms with van der Waals surface area (Å²) in [6, 6.07) is 13.3. The highest BCUT2D eigenvalue weighted by Crippen LogP contribution is 2.30. The number of hydrogen-bond donors (Lipinski definition) is 1. The van der Waals surface area contributed by atoms with E-state index in [1.165, 1.54) is 4.90 Å². The van der Waals surface area contributed by atoms with Gasteiger partial charge in [-0.05, 0) is 47.9 Å². The molecule has 23 heavy (non-hydrogen) atoms. The van der Waals surface area contributed by atoms with Crippen LogP contribution >= 0.6 is 11.6 Å². The Hall–Kier alpha value is -2.33. The van der Waals surface area contributed by atoms with Crippen molar-refractivity contribution in [3.05, 3.63) is 53.1 Å². The predicted molar refractivity (Wildman–Crippen MR) is 89.7 cm³/mol. The molecule has 1 atom stereocenters. The van der Waals surface area contributed by atoms with Crippen LogP contribution in [0.2, 0.25) is 5.02 Å². The Bertz CT molecular complexity index is 770. The fraction of sp³-hybridized carbons (Fsp3) is 0.222. The zero-order valence-corrected chi connectivity index (χ0v) is 13.4. The Morgan fingerprint density at radius 3 is 2.52 bits per heavy atom. The molecule has 3 rings (SSSR count). The molecule has 4 nitrogen and oxygen atoms in total. The molecule has 1 aliphatic rings. The number of aryl methyl sites for hydroxylation is 1. The topological polar surface area (TPSA) is 57.6 Å². The summed E-state index contributed by atoms with van der Waals surface area (Å²) in [5, 5.41) is 9.73. The number of carbonyl (C=O) groups excluding carboxylic acids is 1. The van der Waals surface area contributed by atoms with Crippen LogP contribution in [-0.4, -0.2) is 23.5 Å². The van der Waals surface area contributed by atoms with E-state index in [0.717, 1.165) is 22.4 Å². The Labute approximate surface area is 139 Å². The molecule has 0 saturated carbocycles. The first-order valence-corrected chi connectivity index (χ1v) is 7.73. The quantitative estimate of drug-likeness (QED) is 0.933. The third-order valence-electron chi connectivity index (χ3n) is 4.16. The van der Waals surface area contributed by atoms with E-state index in [1.54, 1.807) is 0 Å². The van der Waals surface area contributed by atoms with Crippen LogP contribution < -0.4 is 4.90 Å². The third kappa shape index (κ3) is 3.08. The molecule has 1 N–H and O–H groups in total. The molecule has 1 unspecified atom stereocenters. The molecule has 0 radical (unpaired) electrons. The lowest BCUT2D eigenvalue weighted by molar-refractivity contribution is -0.141. The Morgan fingerprint density at radius 1 is 1.22 bits per heavy atom. The second kappa shape index (κ2) is 6.05. The number of hydrogen-bond acceptors (Lipinski definition) is 2. The van der Waals surface area contributed by atoms with Gasteiger partial charge in [-0.25, -0.2) is 0 Å². The lowest BCUT2D eigenvalue weighted by atomic mass is 10.0. The number of aliphatic carboxylic acids is 1. The summed E-state index contributed by atoms with van der Waals surface area (Å²) in [6.07, 6.45) is 0.0600. The molecule has 118 valence electrons. The SMILES string of the molecule is Cc1ccc(Cl)cc1-c1ccc(N2CC(C(=O)O)CC2=O)cc1. The van der Waals surface area contributed by atoms with Crippen molar-refractivity contribution in [2.75, 3.05) is 11.4 Å². The fourth-order valence-corrected chi connectivity index (χ4v) is 3.02. The van der Waals surface area contributed by atoms with Gasteiger partial charge in [0.25, 0.3) is 0 Å². The summed E-state index contributed by atoms with van der Waals surface area (Å²) in [7, 11) is 0. The molecule has 2 aromatic rings. The highest BCUT2D eigenvalue weighted by Gasteiger charge is 2.34. The molecule has 0 aliphatic carbocycles. The second-order valence-corrected chi connectivity index (χ2v) is 6.19. The van der Waals surface area contributed by atoms with E-state index in [4.69, 9.17) is 16.7 Å². The van der Waals surface area contributed by atoms with Gasteiger partial charge in [0.15, 0.2) is 0 Å². The smallest absolute Gasteiger partial charge is 0.308 e. The molecule has 0 spiro atoms. The van der Waals surface area contributed by atoms with E-state index >= 15 is 0 Å². The van der Waals surface area contributed by atoms with Gasteiger partial charge in [0.1, 0.15) is 0 Å². The van der Waals surface area contributed by atoms with E-state index in [0.29, 0.717) is 5.02 Å². The summed E-state index contributed by atoms with van der Waals surface area (Å²) in [5.41, 5.74) is 3.89. The van der Waals surface area contributed by atoms with E-state index in [1.807, 2.05) is 49.4 Å². The minimum atomic E-state index is -0.924. The van der Waals surface area contributed by atoms with Crippen LogP contribution in [0.3, 0.4) is 0 Å². The van der Waals surface area contributed by atoms with Crippen molar-refractivity contribution in [1.82, 2.24) is 0 Å². The number of carboxylic acids is 1. The van der Waals surface area contributed by atoms with Gasteiger partial charge in [-0.3, -0.25) is 9.59 Å². The number of carbonyl (C=O) groups is 2. The highest BCUT2D eigenvalue weighted by atomic mass is 35.5. The van der Waals surface area contributed by atoms with Crippen molar-refractivity contribution in [2.45, 2.75) is 13.3 Å². The van der Waals surface area contributed by atoms with Crippen LogP contribution in [-0.2, 0) is 9.59 Å². The van der Waals surface area contributed by atoms with Gasteiger partial charge in [-0.2, -0.15) is 0 Å². The summed E-state index contributed by atoms with van der Waals surface area (Å²) in [6.45, 7) is 2.24. The number of nitrogens with zero attached hydrogens (tertiary/aromatic N) is 1. The molecular formula is C18H16ClNO3. The number of carboxylic acid groups (broad SMARTS) is 1. The van der Waals surface area contributed by atoms with Crippen molar-refractivity contribution >= 4 is 29.2 Å². The zero-order chi connectivity index (χ0) is 16.6. The molecule has 1 fully saturated rings. The number of amides is 1. The van der Waals surface area contributed by atoms with Gasteiger partial charge in [0.2, 0.25) is 5.91 Å². The molecule has 1 saturated heterocycles. The van der Waals surface area contributed by atoms with Gasteiger partial charge in [0, 0.05) is 23.7 Å². The summed E-state index contributed by atoms with van der Waals surface area (Å²) in [5.74, 6) is -1.70. The minimum Gasteiger partial charge on any atom is -0.481 e. The average molecular weight is 330 g/mol. The maximum absolute atomic E-state index is 12.0. The largest absolute Gasteiger partial charge is 0.481 e. The van der Waals surface area contributed by atoms with Gasteiger partial charge in [0.05, 0.1) is 5.92 Å². The Balaban J connectivity index is 1.87. The number of anilines is 1. The van der Waals surface area contributed by atoms with Crippen LogP contribution in [0.4, 0.5) is 5.69 Å². The zero-order valence-electron chi connectivity index (χ0n) is 12.6. The lowest BCUT2D eigenvalue weighted by Crippen LogP contribution is -2.25. The van der Waals surface area contributed by atoms with Gasteiger partial charge in [-0.15, -0.1) is 0 Å². The molecule has 0 bridgehead atoms. The third-order valence-corrected chi connectivity index (χ3v) is 4.40. The first kappa shape index (κ1) is 15.6. The first-order chi connectivity index (χ1) is 11.0. The van der Waals surface area contributed by atoms with E-state index in [9.17, 15) is 9.59 Å². The van der Waals surface area contributed by atoms with Gasteiger partial charge >= 0.3 is 5.97 Å². The van der Waals surface area contributed by atoms with Gasteiger partial charge in [-0.1, -0.05) is 29.8 Å². The summed E-state index contributed by atoms with van der Waals surface area (Å²) < 4.78 is 0. The molecule has 0 aromatic heterocycles. The lowest BCUT2D eigenvalue weighted by Gasteiger charge is -2.17. The second-order valence-electron chi connectivity index (χ2n) is 5.75. The normalized spacial score (nSPS) is 17.6. The van der Waals surface area contributed by atoms with E-state index in [-0.39, 0.29) is 18.9 Å². The van der Waals surface area contributed by atoms with Crippen molar-refractivity contribution in [2.24, 2.45) is 5.92 Å². The van der Waals surface area contributed by atoms with Crippen molar-refractivity contribution < 1.29 is 14.7 Å². The highest BCUT2D eigenvalue weighted by molar-refractivity contribution is 6.30. The van der Waals surface area contributed by atoms with Crippen LogP contribution in [0.25, 0.3) is 11.1 Å². The number of halogens is 1. The van der Waals surface area contributed by atoms with Crippen molar-refractivity contribution in [3.8, 4) is 11.1 Å².